The van der Waals surface area contributed by atoms with Gasteiger partial charge < -0.3 is 4.90 Å². The number of benzene rings is 2. The van der Waals surface area contributed by atoms with Gasteiger partial charge in [-0.25, -0.2) is 8.42 Å². The van der Waals surface area contributed by atoms with E-state index in [9.17, 15) is 18.5 Å². The van der Waals surface area contributed by atoms with Gasteiger partial charge in [-0.1, -0.05) is 23.7 Å². The molecule has 4 rings (SSSR count). The molecule has 2 aromatic carbocycles. The molecule has 0 unspecified atom stereocenters. The summed E-state index contributed by atoms with van der Waals surface area (Å²) in [4.78, 5) is 15.7. The Balaban J connectivity index is 1.51. The van der Waals surface area contributed by atoms with Gasteiger partial charge in [0, 0.05) is 56.9 Å². The molecule has 0 radical (unpaired) electrons. The van der Waals surface area contributed by atoms with Crippen molar-refractivity contribution >= 4 is 33.0 Å². The maximum absolute atomic E-state index is 12.9. The third-order valence-corrected chi connectivity index (χ3v) is 8.24. The third kappa shape index (κ3) is 5.06. The highest BCUT2D eigenvalue weighted by molar-refractivity contribution is 7.89. The highest BCUT2D eigenvalue weighted by Crippen LogP contribution is 2.33. The lowest BCUT2D eigenvalue weighted by atomic mass is 10.2. The molecule has 10 heteroatoms. The van der Waals surface area contributed by atoms with E-state index in [0.29, 0.717) is 36.9 Å². The summed E-state index contributed by atoms with van der Waals surface area (Å²) in [6.45, 7) is 4.67. The van der Waals surface area contributed by atoms with Gasteiger partial charge in [-0.15, -0.1) is 0 Å². The third-order valence-electron chi connectivity index (χ3n) is 6.10. The number of rotatable bonds is 6. The molecular formula is C22H27ClN4O4S. The van der Waals surface area contributed by atoms with Crippen LogP contribution >= 0.6 is 11.6 Å². The SMILES string of the molecule is O=[N+]([O-])c1cc(S(=O)(=O)N2CCCC2)ccc1N1CCCN(Cc2ccc(Cl)cc2)CC1. The lowest BCUT2D eigenvalue weighted by Crippen LogP contribution is -2.31. The summed E-state index contributed by atoms with van der Waals surface area (Å²) in [6, 6.07) is 12.1. The minimum atomic E-state index is -3.70. The number of hydrogen-bond donors (Lipinski definition) is 0. The fourth-order valence-electron chi connectivity index (χ4n) is 4.37. The van der Waals surface area contributed by atoms with Crippen LogP contribution in [0.25, 0.3) is 0 Å². The Morgan fingerprint density at radius 2 is 1.62 bits per heavy atom. The molecule has 0 atom stereocenters. The van der Waals surface area contributed by atoms with Crippen molar-refractivity contribution in [3.63, 3.8) is 0 Å². The van der Waals surface area contributed by atoms with Gasteiger partial charge in [-0.2, -0.15) is 4.31 Å². The predicted octanol–water partition coefficient (Wildman–Crippen LogP) is 3.75. The van der Waals surface area contributed by atoms with Crippen LogP contribution in [-0.4, -0.2) is 61.8 Å². The van der Waals surface area contributed by atoms with Crippen molar-refractivity contribution in [3.05, 3.63) is 63.2 Å². The molecule has 0 bridgehead atoms. The van der Waals surface area contributed by atoms with Crippen molar-refractivity contribution in [2.24, 2.45) is 0 Å². The average Bonchev–Trinajstić information content (AvgIpc) is 3.23. The zero-order valence-corrected chi connectivity index (χ0v) is 19.4. The van der Waals surface area contributed by atoms with Crippen LogP contribution in [0.15, 0.2) is 47.4 Å². The molecule has 0 N–H and O–H groups in total. The van der Waals surface area contributed by atoms with Gasteiger partial charge in [0.05, 0.1) is 9.82 Å². The summed E-state index contributed by atoms with van der Waals surface area (Å²) in [5.74, 6) is 0. The maximum Gasteiger partial charge on any atom is 0.293 e. The number of anilines is 1. The Bertz CT molecular complexity index is 1070. The Morgan fingerprint density at radius 1 is 0.906 bits per heavy atom. The quantitative estimate of drug-likeness (QED) is 0.464. The number of sulfonamides is 1. The van der Waals surface area contributed by atoms with Crippen molar-refractivity contribution < 1.29 is 13.3 Å². The second kappa shape index (κ2) is 9.74. The van der Waals surface area contributed by atoms with Crippen LogP contribution < -0.4 is 4.90 Å². The van der Waals surface area contributed by atoms with E-state index in [1.165, 1.54) is 22.0 Å². The Labute approximate surface area is 193 Å². The van der Waals surface area contributed by atoms with Gasteiger partial charge in [0.2, 0.25) is 10.0 Å². The second-order valence-electron chi connectivity index (χ2n) is 8.26. The van der Waals surface area contributed by atoms with Crippen LogP contribution in [0, 0.1) is 10.1 Å². The van der Waals surface area contributed by atoms with E-state index in [2.05, 4.69) is 4.90 Å². The molecule has 0 aromatic heterocycles. The first-order valence-corrected chi connectivity index (χ1v) is 12.7. The minimum Gasteiger partial charge on any atom is -0.365 e. The van der Waals surface area contributed by atoms with Crippen molar-refractivity contribution in [1.29, 1.82) is 0 Å². The summed E-state index contributed by atoms with van der Waals surface area (Å²) >= 11 is 5.97. The van der Waals surface area contributed by atoms with Crippen LogP contribution in [0.2, 0.25) is 5.02 Å². The molecule has 0 amide bonds. The average molecular weight is 479 g/mol. The molecule has 32 heavy (non-hydrogen) atoms. The molecule has 8 nitrogen and oxygen atoms in total. The zero-order chi connectivity index (χ0) is 22.7. The first kappa shape index (κ1) is 23.0. The van der Waals surface area contributed by atoms with E-state index in [-0.39, 0.29) is 10.6 Å². The van der Waals surface area contributed by atoms with Crippen molar-refractivity contribution in [2.45, 2.75) is 30.7 Å². The molecular weight excluding hydrogens is 452 g/mol. The molecule has 0 aliphatic carbocycles. The number of nitro groups is 1. The molecule has 2 aliphatic rings. The van der Waals surface area contributed by atoms with E-state index in [1.54, 1.807) is 6.07 Å². The Kier molecular flexibility index (Phi) is 6.99. The lowest BCUT2D eigenvalue weighted by Gasteiger charge is -2.24. The first-order valence-electron chi connectivity index (χ1n) is 10.8. The number of halogens is 1. The van der Waals surface area contributed by atoms with E-state index >= 15 is 0 Å². The smallest absolute Gasteiger partial charge is 0.293 e. The lowest BCUT2D eigenvalue weighted by molar-refractivity contribution is -0.384. The van der Waals surface area contributed by atoms with Gasteiger partial charge >= 0.3 is 0 Å². The fourth-order valence-corrected chi connectivity index (χ4v) is 6.04. The predicted molar refractivity (Wildman–Crippen MR) is 125 cm³/mol. The zero-order valence-electron chi connectivity index (χ0n) is 17.8. The Hall–Kier alpha value is -2.20. The molecule has 2 aliphatic heterocycles. The molecule has 2 aromatic rings. The van der Waals surface area contributed by atoms with Crippen molar-refractivity contribution in [1.82, 2.24) is 9.21 Å². The van der Waals surface area contributed by atoms with E-state index in [4.69, 9.17) is 11.6 Å². The fraction of sp³-hybridized carbons (Fsp3) is 0.455. The largest absolute Gasteiger partial charge is 0.365 e. The van der Waals surface area contributed by atoms with Crippen LogP contribution in [0.5, 0.6) is 0 Å². The molecule has 2 heterocycles. The molecule has 172 valence electrons. The number of nitro benzene ring substituents is 1. The minimum absolute atomic E-state index is 0.00552. The maximum atomic E-state index is 12.9. The van der Waals surface area contributed by atoms with Crippen LogP contribution in [0.3, 0.4) is 0 Å². The van der Waals surface area contributed by atoms with Gasteiger partial charge in [0.15, 0.2) is 0 Å². The van der Waals surface area contributed by atoms with Crippen molar-refractivity contribution in [2.75, 3.05) is 44.2 Å². The molecule has 0 saturated carbocycles. The number of nitrogens with zero attached hydrogens (tertiary/aromatic N) is 4. The van der Waals surface area contributed by atoms with Gasteiger partial charge in [0.1, 0.15) is 5.69 Å². The van der Waals surface area contributed by atoms with E-state index in [0.717, 1.165) is 38.9 Å². The summed E-state index contributed by atoms with van der Waals surface area (Å²) in [7, 11) is -3.70. The summed E-state index contributed by atoms with van der Waals surface area (Å²) in [5.41, 5.74) is 1.49. The monoisotopic (exact) mass is 478 g/mol. The highest BCUT2D eigenvalue weighted by Gasteiger charge is 2.30. The number of hydrogen-bond acceptors (Lipinski definition) is 6. The van der Waals surface area contributed by atoms with Crippen LogP contribution in [0.4, 0.5) is 11.4 Å². The standard InChI is InChI=1S/C22H27ClN4O4S/c23-19-6-4-18(5-7-19)17-24-10-3-11-25(15-14-24)21-9-8-20(16-22(21)27(28)29)32(30,31)26-12-1-2-13-26/h4-9,16H,1-3,10-15,17H2. The van der Waals surface area contributed by atoms with Gasteiger partial charge in [0.25, 0.3) is 5.69 Å². The van der Waals surface area contributed by atoms with Gasteiger partial charge in [-0.05, 0) is 49.1 Å². The summed E-state index contributed by atoms with van der Waals surface area (Å²) in [5, 5.41) is 12.5. The second-order valence-corrected chi connectivity index (χ2v) is 10.6. The molecule has 2 saturated heterocycles. The van der Waals surface area contributed by atoms with Crippen LogP contribution in [-0.2, 0) is 16.6 Å². The van der Waals surface area contributed by atoms with E-state index < -0.39 is 14.9 Å². The summed E-state index contributed by atoms with van der Waals surface area (Å²) in [6.07, 6.45) is 2.50. The highest BCUT2D eigenvalue weighted by atomic mass is 35.5. The van der Waals surface area contributed by atoms with Gasteiger partial charge in [-0.3, -0.25) is 15.0 Å². The van der Waals surface area contributed by atoms with Crippen molar-refractivity contribution in [3.8, 4) is 0 Å². The molecule has 2 fully saturated rings. The first-order chi connectivity index (χ1) is 15.3. The molecule has 0 spiro atoms. The van der Waals surface area contributed by atoms with Crippen LogP contribution in [0.1, 0.15) is 24.8 Å². The van der Waals surface area contributed by atoms with E-state index in [1.807, 2.05) is 29.2 Å². The normalized spacial score (nSPS) is 18.6. The summed E-state index contributed by atoms with van der Waals surface area (Å²) < 4.78 is 27.1. The topological polar surface area (TPSA) is 87.0 Å². The Morgan fingerprint density at radius 3 is 2.31 bits per heavy atom.